The van der Waals surface area contributed by atoms with E-state index < -0.39 is 0 Å². The van der Waals surface area contributed by atoms with Gasteiger partial charge in [0, 0.05) is 24.2 Å². The van der Waals surface area contributed by atoms with E-state index in [0.29, 0.717) is 0 Å². The predicted octanol–water partition coefficient (Wildman–Crippen LogP) is 1.58. The van der Waals surface area contributed by atoms with Crippen molar-refractivity contribution in [1.29, 1.82) is 0 Å². The average molecular weight is 190 g/mol. The van der Waals surface area contributed by atoms with Gasteiger partial charge in [0.2, 0.25) is 0 Å². The minimum atomic E-state index is 0.742. The zero-order valence-corrected chi connectivity index (χ0v) is 9.82. The molecule has 0 aliphatic carbocycles. The highest BCUT2D eigenvalue weighted by Gasteiger charge is 2.00. The molecule has 0 aromatic carbocycles. The highest BCUT2D eigenvalue weighted by atomic mass is 32.2. The van der Waals surface area contributed by atoms with Crippen LogP contribution in [0.25, 0.3) is 0 Å². The first kappa shape index (κ1) is 12.3. The van der Waals surface area contributed by atoms with E-state index in [4.69, 9.17) is 0 Å². The first-order valence-electron chi connectivity index (χ1n) is 4.47. The van der Waals surface area contributed by atoms with E-state index in [0.717, 1.165) is 24.2 Å². The number of nitrogens with zero attached hydrogens (tertiary/aromatic N) is 2. The van der Waals surface area contributed by atoms with Crippen molar-refractivity contribution >= 4 is 11.8 Å². The van der Waals surface area contributed by atoms with Gasteiger partial charge < -0.3 is 4.90 Å². The molecule has 0 bridgehead atoms. The van der Waals surface area contributed by atoms with E-state index in [2.05, 4.69) is 44.8 Å². The van der Waals surface area contributed by atoms with E-state index >= 15 is 0 Å². The number of rotatable bonds is 6. The van der Waals surface area contributed by atoms with Gasteiger partial charge in [0.25, 0.3) is 0 Å². The third-order valence-corrected chi connectivity index (χ3v) is 2.81. The predicted molar refractivity (Wildman–Crippen MR) is 58.8 cm³/mol. The van der Waals surface area contributed by atoms with Crippen molar-refractivity contribution < 1.29 is 0 Å². The molecular formula is C9H22N2S. The summed E-state index contributed by atoms with van der Waals surface area (Å²) in [6.07, 6.45) is 0. The summed E-state index contributed by atoms with van der Waals surface area (Å²) in [6, 6.07) is 0. The minimum Gasteiger partial charge on any atom is -0.308 e. The van der Waals surface area contributed by atoms with Crippen molar-refractivity contribution in [2.75, 3.05) is 40.1 Å². The Labute approximate surface area is 81.3 Å². The second-order valence-corrected chi connectivity index (χ2v) is 5.26. The Morgan fingerprint density at radius 3 is 2.08 bits per heavy atom. The fraction of sp³-hybridized carbons (Fsp3) is 1.00. The molecule has 12 heavy (non-hydrogen) atoms. The molecule has 0 unspecified atom stereocenters. The molecular weight excluding hydrogens is 168 g/mol. The summed E-state index contributed by atoms with van der Waals surface area (Å²) < 4.78 is 0. The van der Waals surface area contributed by atoms with Crippen molar-refractivity contribution in [3.8, 4) is 0 Å². The second-order valence-electron chi connectivity index (χ2n) is 3.73. The lowest BCUT2D eigenvalue weighted by atomic mass is 10.5. The van der Waals surface area contributed by atoms with Crippen LogP contribution < -0.4 is 0 Å². The van der Waals surface area contributed by atoms with Gasteiger partial charge in [0.15, 0.2) is 0 Å². The zero-order valence-electron chi connectivity index (χ0n) is 9.00. The molecule has 0 aliphatic rings. The van der Waals surface area contributed by atoms with Crippen molar-refractivity contribution in [1.82, 2.24) is 9.80 Å². The van der Waals surface area contributed by atoms with Crippen molar-refractivity contribution in [2.24, 2.45) is 0 Å². The Balaban J connectivity index is 3.27. The summed E-state index contributed by atoms with van der Waals surface area (Å²) in [4.78, 5) is 4.58. The summed E-state index contributed by atoms with van der Waals surface area (Å²) in [5.74, 6) is 1.14. The lowest BCUT2D eigenvalue weighted by molar-refractivity contribution is 0.313. The average Bonchev–Trinajstić information content (AvgIpc) is 1.96. The van der Waals surface area contributed by atoms with Crippen LogP contribution in [-0.2, 0) is 0 Å². The summed E-state index contributed by atoms with van der Waals surface area (Å²) in [6.45, 7) is 6.79. The standard InChI is InChI=1S/C9H22N2S/c1-9(2)12-8-11(5)7-6-10(3)4/h9H,6-8H2,1-5H3. The van der Waals surface area contributed by atoms with Gasteiger partial charge in [-0.25, -0.2) is 0 Å². The molecule has 0 rings (SSSR count). The topological polar surface area (TPSA) is 6.48 Å². The summed E-state index contributed by atoms with van der Waals surface area (Å²) in [7, 11) is 6.41. The molecule has 0 spiro atoms. The fourth-order valence-corrected chi connectivity index (χ4v) is 1.39. The van der Waals surface area contributed by atoms with E-state index in [1.807, 2.05) is 11.8 Å². The van der Waals surface area contributed by atoms with Gasteiger partial charge in [-0.15, -0.1) is 11.8 Å². The smallest absolute Gasteiger partial charge is 0.0444 e. The van der Waals surface area contributed by atoms with Gasteiger partial charge >= 0.3 is 0 Å². The maximum atomic E-state index is 2.37. The van der Waals surface area contributed by atoms with Gasteiger partial charge in [-0.05, 0) is 21.1 Å². The molecule has 0 aromatic rings. The SMILES string of the molecule is CC(C)SCN(C)CCN(C)C. The first-order chi connectivity index (χ1) is 5.52. The molecule has 0 heterocycles. The Kier molecular flexibility index (Phi) is 6.90. The maximum Gasteiger partial charge on any atom is 0.0444 e. The van der Waals surface area contributed by atoms with Crippen LogP contribution in [0.4, 0.5) is 0 Å². The largest absolute Gasteiger partial charge is 0.308 e. The summed E-state index contributed by atoms with van der Waals surface area (Å²) >= 11 is 2.00. The lowest BCUT2D eigenvalue weighted by Gasteiger charge is -2.19. The maximum absolute atomic E-state index is 2.37. The molecule has 0 amide bonds. The van der Waals surface area contributed by atoms with Crippen LogP contribution in [0.3, 0.4) is 0 Å². The molecule has 0 aliphatic heterocycles. The quantitative estimate of drug-likeness (QED) is 0.587. The van der Waals surface area contributed by atoms with E-state index in [9.17, 15) is 0 Å². The van der Waals surface area contributed by atoms with Crippen LogP contribution in [-0.4, -0.2) is 55.2 Å². The van der Waals surface area contributed by atoms with E-state index in [-0.39, 0.29) is 0 Å². The Hall–Kier alpha value is 0.270. The molecule has 74 valence electrons. The molecule has 3 heteroatoms. The molecule has 0 atom stereocenters. The fourth-order valence-electron chi connectivity index (χ4n) is 0.712. The van der Waals surface area contributed by atoms with Gasteiger partial charge in [-0.2, -0.15) is 0 Å². The Morgan fingerprint density at radius 2 is 1.67 bits per heavy atom. The van der Waals surface area contributed by atoms with Crippen LogP contribution in [0, 0.1) is 0 Å². The minimum absolute atomic E-state index is 0.742. The number of likely N-dealkylation sites (N-methyl/N-ethyl adjacent to an activating group) is 2. The third-order valence-electron chi connectivity index (χ3n) is 1.56. The van der Waals surface area contributed by atoms with Crippen molar-refractivity contribution in [3.05, 3.63) is 0 Å². The normalized spacial score (nSPS) is 12.0. The number of thioether (sulfide) groups is 1. The van der Waals surface area contributed by atoms with Crippen LogP contribution in [0.2, 0.25) is 0 Å². The highest BCUT2D eigenvalue weighted by Crippen LogP contribution is 2.09. The van der Waals surface area contributed by atoms with Crippen LogP contribution in [0.5, 0.6) is 0 Å². The molecule has 2 nitrogen and oxygen atoms in total. The molecule has 0 fully saturated rings. The van der Waals surface area contributed by atoms with Crippen LogP contribution >= 0.6 is 11.8 Å². The third kappa shape index (κ3) is 8.37. The molecule has 0 aromatic heterocycles. The first-order valence-corrected chi connectivity index (χ1v) is 5.52. The van der Waals surface area contributed by atoms with Gasteiger partial charge in [0.05, 0.1) is 0 Å². The van der Waals surface area contributed by atoms with Crippen molar-refractivity contribution in [3.63, 3.8) is 0 Å². The van der Waals surface area contributed by atoms with Gasteiger partial charge in [-0.3, -0.25) is 4.90 Å². The van der Waals surface area contributed by atoms with Gasteiger partial charge in [-0.1, -0.05) is 13.8 Å². The molecule has 0 N–H and O–H groups in total. The molecule has 0 saturated heterocycles. The Morgan fingerprint density at radius 1 is 1.08 bits per heavy atom. The second kappa shape index (κ2) is 6.75. The van der Waals surface area contributed by atoms with E-state index in [1.54, 1.807) is 0 Å². The summed E-state index contributed by atoms with van der Waals surface area (Å²) in [5.41, 5.74) is 0. The summed E-state index contributed by atoms with van der Waals surface area (Å²) in [5, 5.41) is 0.742. The lowest BCUT2D eigenvalue weighted by Crippen LogP contribution is -2.28. The zero-order chi connectivity index (χ0) is 9.56. The van der Waals surface area contributed by atoms with Crippen LogP contribution in [0.15, 0.2) is 0 Å². The molecule has 0 saturated carbocycles. The Bertz CT molecular complexity index is 92.7. The number of hydrogen-bond acceptors (Lipinski definition) is 3. The van der Waals surface area contributed by atoms with Gasteiger partial charge in [0.1, 0.15) is 0 Å². The monoisotopic (exact) mass is 190 g/mol. The van der Waals surface area contributed by atoms with E-state index in [1.165, 1.54) is 0 Å². The van der Waals surface area contributed by atoms with Crippen molar-refractivity contribution in [2.45, 2.75) is 19.1 Å². The number of hydrogen-bond donors (Lipinski definition) is 0. The molecule has 0 radical (unpaired) electrons. The highest BCUT2D eigenvalue weighted by molar-refractivity contribution is 7.99. The van der Waals surface area contributed by atoms with Crippen LogP contribution in [0.1, 0.15) is 13.8 Å².